The molecule has 0 bridgehead atoms. The van der Waals surface area contributed by atoms with Crippen LogP contribution in [0.5, 0.6) is 0 Å². The molecule has 6 nitrogen and oxygen atoms in total. The summed E-state index contributed by atoms with van der Waals surface area (Å²) >= 11 is 0. The maximum Gasteiger partial charge on any atom is 0.356 e. The Hall–Kier alpha value is -2.81. The van der Waals surface area contributed by atoms with E-state index in [2.05, 4.69) is 4.99 Å². The zero-order valence-corrected chi connectivity index (χ0v) is 10.5. The lowest BCUT2D eigenvalue weighted by atomic mass is 10.2. The minimum Gasteiger partial charge on any atom is -0.476 e. The van der Waals surface area contributed by atoms with Gasteiger partial charge in [0.25, 0.3) is 0 Å². The molecule has 1 aliphatic heterocycles. The molecule has 1 aliphatic rings. The maximum atomic E-state index is 11.1. The topological polar surface area (TPSA) is 79.9 Å². The van der Waals surface area contributed by atoms with Crippen molar-refractivity contribution in [3.8, 4) is 6.07 Å². The van der Waals surface area contributed by atoms with Crippen LogP contribution in [0.1, 0.15) is 6.92 Å². The summed E-state index contributed by atoms with van der Waals surface area (Å²) in [7, 11) is 1.69. The average Bonchev–Trinajstić information content (AvgIpc) is 2.42. The first-order chi connectivity index (χ1) is 9.06. The molecule has 1 heterocycles. The summed E-state index contributed by atoms with van der Waals surface area (Å²) in [5, 5.41) is 21.4. The normalized spacial score (nSPS) is 15.1. The van der Waals surface area contributed by atoms with E-state index in [4.69, 9.17) is 10.4 Å². The molecule has 0 saturated carbocycles. The Morgan fingerprint density at radius 3 is 2.53 bits per heavy atom. The van der Waals surface area contributed by atoms with E-state index in [1.807, 2.05) is 36.4 Å². The Morgan fingerprint density at radius 2 is 2.00 bits per heavy atom. The number of carbonyl (C=O) groups is 1. The van der Waals surface area contributed by atoms with Gasteiger partial charge in [0.05, 0.1) is 11.4 Å². The number of aliphatic carboxylic acids is 1. The minimum absolute atomic E-state index is 0.0247. The van der Waals surface area contributed by atoms with E-state index >= 15 is 0 Å². The second-order valence-corrected chi connectivity index (χ2v) is 3.96. The first-order valence-electron chi connectivity index (χ1n) is 5.58. The van der Waals surface area contributed by atoms with Gasteiger partial charge < -0.3 is 5.11 Å². The fraction of sp³-hybridized carbons (Fsp3) is 0.154. The summed E-state index contributed by atoms with van der Waals surface area (Å²) in [5.41, 5.74) is 1.09. The number of aliphatic imine (C=N–C) groups is 1. The van der Waals surface area contributed by atoms with Gasteiger partial charge in [0.1, 0.15) is 6.07 Å². The number of allylic oxidation sites excluding steroid dienone is 1. The van der Waals surface area contributed by atoms with Crippen LogP contribution in [0.25, 0.3) is 0 Å². The molecular formula is C13H12N4O2. The summed E-state index contributed by atoms with van der Waals surface area (Å²) in [4.78, 5) is 15.0. The SMILES string of the molecule is CC1=C(C(=O)O)N=C(C#N)N(c2ccccc2)N1C. The van der Waals surface area contributed by atoms with Crippen LogP contribution in [0.15, 0.2) is 46.7 Å². The van der Waals surface area contributed by atoms with E-state index in [1.165, 1.54) is 0 Å². The lowest BCUT2D eigenvalue weighted by molar-refractivity contribution is -0.132. The first kappa shape index (κ1) is 12.6. The number of rotatable bonds is 2. The molecule has 6 heteroatoms. The second kappa shape index (κ2) is 4.82. The molecular weight excluding hydrogens is 244 g/mol. The molecule has 1 aromatic carbocycles. The van der Waals surface area contributed by atoms with Crippen molar-refractivity contribution in [1.29, 1.82) is 5.26 Å². The van der Waals surface area contributed by atoms with Crippen LogP contribution >= 0.6 is 0 Å². The number of amidine groups is 1. The Balaban J connectivity index is 2.53. The maximum absolute atomic E-state index is 11.1. The molecule has 0 spiro atoms. The molecule has 0 radical (unpaired) electrons. The van der Waals surface area contributed by atoms with Gasteiger partial charge >= 0.3 is 5.97 Å². The number of hydrazine groups is 1. The summed E-state index contributed by atoms with van der Waals surface area (Å²) in [6.07, 6.45) is 0. The molecule has 1 N–H and O–H groups in total. The van der Waals surface area contributed by atoms with Crippen LogP contribution in [0, 0.1) is 11.3 Å². The van der Waals surface area contributed by atoms with Gasteiger partial charge in [0.2, 0.25) is 5.84 Å². The quantitative estimate of drug-likeness (QED) is 0.869. The van der Waals surface area contributed by atoms with Gasteiger partial charge in [-0.15, -0.1) is 0 Å². The Kier molecular flexibility index (Phi) is 3.21. The van der Waals surface area contributed by atoms with Crippen LogP contribution in [0.3, 0.4) is 0 Å². The van der Waals surface area contributed by atoms with Gasteiger partial charge in [-0.3, -0.25) is 5.01 Å². The number of hydrogen-bond donors (Lipinski definition) is 1. The van der Waals surface area contributed by atoms with Crippen molar-refractivity contribution in [1.82, 2.24) is 5.01 Å². The van der Waals surface area contributed by atoms with E-state index in [0.717, 1.165) is 5.69 Å². The largest absolute Gasteiger partial charge is 0.476 e. The number of hydrogen-bond acceptors (Lipinski definition) is 5. The van der Waals surface area contributed by atoms with Crippen LogP contribution < -0.4 is 5.01 Å². The molecule has 0 amide bonds. The molecule has 2 rings (SSSR count). The monoisotopic (exact) mass is 256 g/mol. The summed E-state index contributed by atoms with van der Waals surface area (Å²) in [6, 6.07) is 11.1. The molecule has 0 aromatic heterocycles. The smallest absolute Gasteiger partial charge is 0.356 e. The first-order valence-corrected chi connectivity index (χ1v) is 5.58. The fourth-order valence-electron chi connectivity index (χ4n) is 1.82. The second-order valence-electron chi connectivity index (χ2n) is 3.96. The highest BCUT2D eigenvalue weighted by Crippen LogP contribution is 2.25. The van der Waals surface area contributed by atoms with Gasteiger partial charge in [0.15, 0.2) is 5.70 Å². The van der Waals surface area contributed by atoms with Crippen LogP contribution in [-0.4, -0.2) is 29.0 Å². The van der Waals surface area contributed by atoms with Crippen molar-refractivity contribution in [2.45, 2.75) is 6.92 Å². The lowest BCUT2D eigenvalue weighted by Gasteiger charge is -2.36. The zero-order chi connectivity index (χ0) is 14.0. The number of carboxylic acid groups (broad SMARTS) is 1. The standard InChI is InChI=1S/C13H12N4O2/c1-9-12(13(18)19)15-11(8-14)17(16(9)2)10-6-4-3-5-7-10/h3-7H,1-2H3,(H,18,19). The third-order valence-corrected chi connectivity index (χ3v) is 2.85. The van der Waals surface area contributed by atoms with E-state index < -0.39 is 5.97 Å². The van der Waals surface area contributed by atoms with Crippen molar-refractivity contribution in [2.24, 2.45) is 4.99 Å². The predicted octanol–water partition coefficient (Wildman–Crippen LogP) is 1.59. The fourth-order valence-corrected chi connectivity index (χ4v) is 1.82. The van der Waals surface area contributed by atoms with E-state index in [9.17, 15) is 4.79 Å². The van der Waals surface area contributed by atoms with Crippen molar-refractivity contribution in [3.05, 3.63) is 41.7 Å². The van der Waals surface area contributed by atoms with Crippen LogP contribution in [-0.2, 0) is 4.79 Å². The molecule has 0 aliphatic carbocycles. The van der Waals surface area contributed by atoms with E-state index in [-0.39, 0.29) is 11.5 Å². The molecule has 0 atom stereocenters. The van der Waals surface area contributed by atoms with E-state index in [1.54, 1.807) is 24.0 Å². The molecule has 0 fully saturated rings. The third-order valence-electron chi connectivity index (χ3n) is 2.85. The predicted molar refractivity (Wildman–Crippen MR) is 70.1 cm³/mol. The van der Waals surface area contributed by atoms with Crippen LogP contribution in [0.2, 0.25) is 0 Å². The third kappa shape index (κ3) is 2.13. The van der Waals surface area contributed by atoms with Crippen molar-refractivity contribution in [3.63, 3.8) is 0 Å². The molecule has 96 valence electrons. The highest BCUT2D eigenvalue weighted by molar-refractivity contribution is 6.11. The Labute approximate surface area is 110 Å². The minimum atomic E-state index is -1.15. The number of carboxylic acids is 1. The van der Waals surface area contributed by atoms with Crippen molar-refractivity contribution < 1.29 is 9.90 Å². The Morgan fingerprint density at radius 1 is 1.37 bits per heavy atom. The van der Waals surface area contributed by atoms with Crippen molar-refractivity contribution in [2.75, 3.05) is 12.1 Å². The van der Waals surface area contributed by atoms with Gasteiger partial charge in [-0.2, -0.15) is 5.26 Å². The van der Waals surface area contributed by atoms with Crippen LogP contribution in [0.4, 0.5) is 5.69 Å². The number of benzene rings is 1. The number of nitriles is 1. The molecule has 0 saturated heterocycles. The summed E-state index contributed by atoms with van der Waals surface area (Å²) in [6.45, 7) is 1.65. The van der Waals surface area contributed by atoms with Gasteiger partial charge in [-0.25, -0.2) is 14.8 Å². The number of nitrogens with zero attached hydrogens (tertiary/aromatic N) is 4. The molecule has 19 heavy (non-hydrogen) atoms. The van der Waals surface area contributed by atoms with Gasteiger partial charge in [0, 0.05) is 7.05 Å². The number of para-hydroxylation sites is 1. The average molecular weight is 256 g/mol. The summed E-state index contributed by atoms with van der Waals surface area (Å²) in [5.74, 6) is -1.12. The van der Waals surface area contributed by atoms with Crippen molar-refractivity contribution >= 4 is 17.5 Å². The summed E-state index contributed by atoms with van der Waals surface area (Å²) < 4.78 is 0. The van der Waals surface area contributed by atoms with E-state index in [0.29, 0.717) is 5.70 Å². The molecule has 0 unspecified atom stereocenters. The zero-order valence-electron chi connectivity index (χ0n) is 10.5. The number of anilines is 1. The highest BCUT2D eigenvalue weighted by atomic mass is 16.4. The lowest BCUT2D eigenvalue weighted by Crippen LogP contribution is -2.46. The highest BCUT2D eigenvalue weighted by Gasteiger charge is 2.28. The Bertz CT molecular complexity index is 613. The molecule has 1 aromatic rings. The van der Waals surface area contributed by atoms with Gasteiger partial charge in [-0.1, -0.05) is 18.2 Å². The van der Waals surface area contributed by atoms with Gasteiger partial charge in [-0.05, 0) is 19.1 Å².